The van der Waals surface area contributed by atoms with Gasteiger partial charge in [0.2, 0.25) is 5.91 Å². The van der Waals surface area contributed by atoms with Gasteiger partial charge in [0.25, 0.3) is 0 Å². The summed E-state index contributed by atoms with van der Waals surface area (Å²) >= 11 is 12.0. The average molecular weight is 300 g/mol. The van der Waals surface area contributed by atoms with E-state index in [1.807, 2.05) is 29.2 Å². The van der Waals surface area contributed by atoms with Crippen LogP contribution in [0.3, 0.4) is 0 Å². The van der Waals surface area contributed by atoms with Gasteiger partial charge in [-0.2, -0.15) is 0 Å². The minimum absolute atomic E-state index is 0.162. The Labute approximate surface area is 124 Å². The molecule has 19 heavy (non-hydrogen) atoms. The molecule has 1 aromatic carbocycles. The van der Waals surface area contributed by atoms with Crippen LogP contribution in [0.4, 0.5) is 0 Å². The number of rotatable bonds is 3. The predicted molar refractivity (Wildman–Crippen MR) is 79.8 cm³/mol. The SMILES string of the molecule is O=C(Cc1cccc(Cl)c1)N1CCCCCC1CCl. The molecule has 1 heterocycles. The lowest BCUT2D eigenvalue weighted by atomic mass is 10.1. The number of likely N-dealkylation sites (tertiary alicyclic amines) is 1. The van der Waals surface area contributed by atoms with Crippen LogP contribution in [0.15, 0.2) is 24.3 Å². The zero-order chi connectivity index (χ0) is 13.7. The van der Waals surface area contributed by atoms with Crippen molar-refractivity contribution in [1.82, 2.24) is 4.90 Å². The fourth-order valence-corrected chi connectivity index (χ4v) is 3.12. The first-order valence-corrected chi connectivity index (χ1v) is 7.72. The topological polar surface area (TPSA) is 20.3 Å². The number of hydrogen-bond donors (Lipinski definition) is 0. The van der Waals surface area contributed by atoms with Crippen LogP contribution in [0.5, 0.6) is 0 Å². The maximum atomic E-state index is 12.4. The molecule has 0 saturated carbocycles. The van der Waals surface area contributed by atoms with Crippen molar-refractivity contribution in [2.75, 3.05) is 12.4 Å². The molecular formula is C15H19Cl2NO. The largest absolute Gasteiger partial charge is 0.338 e. The van der Waals surface area contributed by atoms with Crippen LogP contribution < -0.4 is 0 Å². The lowest BCUT2D eigenvalue weighted by molar-refractivity contribution is -0.132. The van der Waals surface area contributed by atoms with E-state index in [1.54, 1.807) is 0 Å². The van der Waals surface area contributed by atoms with Crippen molar-refractivity contribution in [2.45, 2.75) is 38.1 Å². The van der Waals surface area contributed by atoms with Crippen molar-refractivity contribution in [2.24, 2.45) is 0 Å². The first-order valence-electron chi connectivity index (χ1n) is 6.80. The highest BCUT2D eigenvalue weighted by Gasteiger charge is 2.24. The summed E-state index contributed by atoms with van der Waals surface area (Å²) in [6.07, 6.45) is 4.86. The monoisotopic (exact) mass is 299 g/mol. The summed E-state index contributed by atoms with van der Waals surface area (Å²) in [6.45, 7) is 0.830. The van der Waals surface area contributed by atoms with Crippen LogP contribution in [-0.2, 0) is 11.2 Å². The number of carbonyl (C=O) groups excluding carboxylic acids is 1. The van der Waals surface area contributed by atoms with Crippen molar-refractivity contribution in [1.29, 1.82) is 0 Å². The molecule has 1 saturated heterocycles. The molecule has 0 aliphatic carbocycles. The Kier molecular flexibility index (Phi) is 5.53. The Balaban J connectivity index is 2.04. The zero-order valence-electron chi connectivity index (χ0n) is 10.9. The normalized spacial score (nSPS) is 20.1. The van der Waals surface area contributed by atoms with E-state index in [4.69, 9.17) is 23.2 Å². The van der Waals surface area contributed by atoms with Gasteiger partial charge in [-0.05, 0) is 30.5 Å². The van der Waals surface area contributed by atoms with Gasteiger partial charge in [0.05, 0.1) is 6.42 Å². The summed E-state index contributed by atoms with van der Waals surface area (Å²) in [5.74, 6) is 0.691. The smallest absolute Gasteiger partial charge is 0.227 e. The van der Waals surface area contributed by atoms with Gasteiger partial charge in [-0.25, -0.2) is 0 Å². The van der Waals surface area contributed by atoms with Crippen LogP contribution >= 0.6 is 23.2 Å². The second-order valence-electron chi connectivity index (χ2n) is 5.05. The number of halogens is 2. The highest BCUT2D eigenvalue weighted by atomic mass is 35.5. The van der Waals surface area contributed by atoms with E-state index in [1.165, 1.54) is 12.8 Å². The zero-order valence-corrected chi connectivity index (χ0v) is 12.5. The van der Waals surface area contributed by atoms with Crippen LogP contribution in [0.2, 0.25) is 5.02 Å². The number of alkyl halides is 1. The summed E-state index contributed by atoms with van der Waals surface area (Å²) in [5.41, 5.74) is 0.968. The van der Waals surface area contributed by atoms with Crippen LogP contribution in [0.1, 0.15) is 31.2 Å². The third kappa shape index (κ3) is 4.12. The third-order valence-electron chi connectivity index (χ3n) is 3.62. The molecule has 2 nitrogen and oxygen atoms in total. The van der Waals surface area contributed by atoms with Crippen molar-refractivity contribution in [3.63, 3.8) is 0 Å². The second kappa shape index (κ2) is 7.16. The van der Waals surface area contributed by atoms with Gasteiger partial charge in [-0.15, -0.1) is 11.6 Å². The third-order valence-corrected chi connectivity index (χ3v) is 4.21. The number of hydrogen-bond acceptors (Lipinski definition) is 1. The molecule has 0 aromatic heterocycles. The van der Waals surface area contributed by atoms with Gasteiger partial charge in [-0.1, -0.05) is 36.6 Å². The fourth-order valence-electron chi connectivity index (χ4n) is 2.59. The molecule has 1 amide bonds. The molecule has 4 heteroatoms. The summed E-state index contributed by atoms with van der Waals surface area (Å²) in [6, 6.07) is 7.69. The fraction of sp³-hybridized carbons (Fsp3) is 0.533. The van der Waals surface area contributed by atoms with E-state index in [0.29, 0.717) is 17.3 Å². The minimum atomic E-state index is 0.162. The molecule has 0 radical (unpaired) electrons. The predicted octanol–water partition coefficient (Wildman–Crippen LogP) is 3.89. The second-order valence-corrected chi connectivity index (χ2v) is 5.80. The van der Waals surface area contributed by atoms with Crippen molar-refractivity contribution in [3.05, 3.63) is 34.9 Å². The Morgan fingerprint density at radius 3 is 2.89 bits per heavy atom. The van der Waals surface area contributed by atoms with Crippen LogP contribution in [0.25, 0.3) is 0 Å². The first-order chi connectivity index (χ1) is 9.20. The Morgan fingerprint density at radius 1 is 1.32 bits per heavy atom. The summed E-state index contributed by atoms with van der Waals surface area (Å²) in [4.78, 5) is 14.4. The summed E-state index contributed by atoms with van der Waals surface area (Å²) < 4.78 is 0. The number of benzene rings is 1. The molecule has 1 fully saturated rings. The van der Waals surface area contributed by atoms with Gasteiger partial charge < -0.3 is 4.90 Å². The van der Waals surface area contributed by atoms with Gasteiger partial charge in [0, 0.05) is 23.5 Å². The number of carbonyl (C=O) groups is 1. The standard InChI is InChI=1S/C15H19Cl2NO/c16-11-14-7-2-1-3-8-18(14)15(19)10-12-5-4-6-13(17)9-12/h4-6,9,14H,1-3,7-8,10-11H2. The Bertz CT molecular complexity index is 436. The highest BCUT2D eigenvalue weighted by molar-refractivity contribution is 6.30. The van der Waals surface area contributed by atoms with Crippen LogP contribution in [-0.4, -0.2) is 29.3 Å². The lowest BCUT2D eigenvalue weighted by Gasteiger charge is -2.28. The van der Waals surface area contributed by atoms with E-state index in [9.17, 15) is 4.79 Å². The molecule has 1 atom stereocenters. The summed E-state index contributed by atoms with van der Waals surface area (Å²) in [7, 11) is 0. The quantitative estimate of drug-likeness (QED) is 0.775. The molecule has 0 N–H and O–H groups in total. The maximum absolute atomic E-state index is 12.4. The molecule has 0 bridgehead atoms. The van der Waals surface area contributed by atoms with Crippen LogP contribution in [0, 0.1) is 0 Å². The molecule has 1 aromatic rings. The van der Waals surface area contributed by atoms with Gasteiger partial charge >= 0.3 is 0 Å². The lowest BCUT2D eigenvalue weighted by Crippen LogP contribution is -2.41. The molecule has 1 aliphatic rings. The average Bonchev–Trinajstić information content (AvgIpc) is 2.63. The molecule has 0 spiro atoms. The molecular weight excluding hydrogens is 281 g/mol. The first kappa shape index (κ1) is 14.7. The van der Waals surface area contributed by atoms with Gasteiger partial charge in [-0.3, -0.25) is 4.79 Å². The summed E-state index contributed by atoms with van der Waals surface area (Å²) in [5, 5.41) is 0.676. The molecule has 104 valence electrons. The Hall–Kier alpha value is -0.730. The van der Waals surface area contributed by atoms with Crippen molar-refractivity contribution >= 4 is 29.1 Å². The van der Waals surface area contributed by atoms with Crippen molar-refractivity contribution < 1.29 is 4.79 Å². The van der Waals surface area contributed by atoms with E-state index >= 15 is 0 Å². The molecule has 1 aliphatic heterocycles. The van der Waals surface area contributed by atoms with E-state index in [-0.39, 0.29) is 11.9 Å². The van der Waals surface area contributed by atoms with E-state index < -0.39 is 0 Å². The van der Waals surface area contributed by atoms with Crippen molar-refractivity contribution in [3.8, 4) is 0 Å². The van der Waals surface area contributed by atoms with Gasteiger partial charge in [0.1, 0.15) is 0 Å². The van der Waals surface area contributed by atoms with E-state index in [0.717, 1.165) is 24.9 Å². The molecule has 1 unspecified atom stereocenters. The highest BCUT2D eigenvalue weighted by Crippen LogP contribution is 2.20. The number of nitrogens with zero attached hydrogens (tertiary/aromatic N) is 1. The van der Waals surface area contributed by atoms with E-state index in [2.05, 4.69) is 0 Å². The maximum Gasteiger partial charge on any atom is 0.227 e. The minimum Gasteiger partial charge on any atom is -0.338 e. The number of amides is 1. The Morgan fingerprint density at radius 2 is 2.16 bits per heavy atom. The van der Waals surface area contributed by atoms with Gasteiger partial charge in [0.15, 0.2) is 0 Å². The molecule has 2 rings (SSSR count).